The molecular weight excluding hydrogens is 352 g/mol. The summed E-state index contributed by atoms with van der Waals surface area (Å²) >= 11 is 0. The van der Waals surface area contributed by atoms with Crippen LogP contribution in [0.3, 0.4) is 0 Å². The number of hydrogen-bond acceptors (Lipinski definition) is 4. The van der Waals surface area contributed by atoms with E-state index in [1.54, 1.807) is 0 Å². The van der Waals surface area contributed by atoms with Gasteiger partial charge in [-0.2, -0.15) is 0 Å². The van der Waals surface area contributed by atoms with Crippen LogP contribution in [0, 0.1) is 0 Å². The molecule has 1 amide bonds. The summed E-state index contributed by atoms with van der Waals surface area (Å²) in [6, 6.07) is 17.1. The Balaban J connectivity index is 1.61. The van der Waals surface area contributed by atoms with Crippen molar-refractivity contribution in [3.05, 3.63) is 54.6 Å². The highest BCUT2D eigenvalue weighted by molar-refractivity contribution is 5.92. The lowest BCUT2D eigenvalue weighted by molar-refractivity contribution is -0.115. The molecule has 0 aliphatic heterocycles. The quantitative estimate of drug-likeness (QED) is 0.466. The Morgan fingerprint density at radius 1 is 0.857 bits per heavy atom. The Labute approximate surface area is 168 Å². The van der Waals surface area contributed by atoms with Crippen LogP contribution in [-0.2, 0) is 4.79 Å². The van der Waals surface area contributed by atoms with Gasteiger partial charge in [-0.25, -0.2) is 0 Å². The Hall–Kier alpha value is -2.53. The molecule has 0 saturated heterocycles. The van der Waals surface area contributed by atoms with Gasteiger partial charge in [0.25, 0.3) is 0 Å². The number of hydrogen-bond donors (Lipinski definition) is 2. The molecule has 0 aliphatic rings. The van der Waals surface area contributed by atoms with Crippen molar-refractivity contribution in [3.63, 3.8) is 0 Å². The fourth-order valence-electron chi connectivity index (χ4n) is 2.76. The Bertz CT molecular complexity index is 677. The SMILES string of the molecule is CCCCCCCNCC(=O)Nc1cccc(OCCOc2ccccc2)c1. The van der Waals surface area contributed by atoms with E-state index in [2.05, 4.69) is 17.6 Å². The van der Waals surface area contributed by atoms with E-state index in [9.17, 15) is 4.79 Å². The van der Waals surface area contributed by atoms with Crippen LogP contribution in [0.4, 0.5) is 5.69 Å². The zero-order valence-corrected chi connectivity index (χ0v) is 16.8. The van der Waals surface area contributed by atoms with Crippen LogP contribution in [0.5, 0.6) is 11.5 Å². The van der Waals surface area contributed by atoms with E-state index >= 15 is 0 Å². The van der Waals surface area contributed by atoms with Crippen molar-refractivity contribution < 1.29 is 14.3 Å². The van der Waals surface area contributed by atoms with Gasteiger partial charge >= 0.3 is 0 Å². The topological polar surface area (TPSA) is 59.6 Å². The van der Waals surface area contributed by atoms with Crippen molar-refractivity contribution >= 4 is 11.6 Å². The maximum Gasteiger partial charge on any atom is 0.238 e. The fraction of sp³-hybridized carbons (Fsp3) is 0.435. The first-order chi connectivity index (χ1) is 13.8. The number of carbonyl (C=O) groups excluding carboxylic acids is 1. The van der Waals surface area contributed by atoms with Gasteiger partial charge in [0.2, 0.25) is 5.91 Å². The van der Waals surface area contributed by atoms with E-state index in [0.29, 0.717) is 25.5 Å². The number of carbonyl (C=O) groups is 1. The highest BCUT2D eigenvalue weighted by Crippen LogP contribution is 2.17. The molecule has 2 aromatic carbocycles. The first-order valence-electron chi connectivity index (χ1n) is 10.2. The third kappa shape index (κ3) is 9.42. The number of para-hydroxylation sites is 1. The lowest BCUT2D eigenvalue weighted by atomic mass is 10.1. The van der Waals surface area contributed by atoms with Crippen molar-refractivity contribution in [2.24, 2.45) is 0 Å². The van der Waals surface area contributed by atoms with E-state index in [0.717, 1.165) is 24.4 Å². The van der Waals surface area contributed by atoms with Gasteiger partial charge in [0.05, 0.1) is 6.54 Å². The molecule has 0 bridgehead atoms. The molecule has 2 aromatic rings. The van der Waals surface area contributed by atoms with Gasteiger partial charge in [-0.05, 0) is 37.2 Å². The summed E-state index contributed by atoms with van der Waals surface area (Å²) in [6.45, 7) is 4.31. The minimum Gasteiger partial charge on any atom is -0.490 e. The first kappa shape index (κ1) is 21.8. The van der Waals surface area contributed by atoms with Gasteiger partial charge in [-0.15, -0.1) is 0 Å². The minimum absolute atomic E-state index is 0.0434. The smallest absolute Gasteiger partial charge is 0.238 e. The molecular formula is C23H32N2O3. The summed E-state index contributed by atoms with van der Waals surface area (Å²) in [5, 5.41) is 6.09. The van der Waals surface area contributed by atoms with E-state index < -0.39 is 0 Å². The van der Waals surface area contributed by atoms with Gasteiger partial charge in [0.1, 0.15) is 24.7 Å². The van der Waals surface area contributed by atoms with Crippen LogP contribution in [0.25, 0.3) is 0 Å². The molecule has 28 heavy (non-hydrogen) atoms. The highest BCUT2D eigenvalue weighted by Gasteiger charge is 2.03. The highest BCUT2D eigenvalue weighted by atomic mass is 16.5. The summed E-state index contributed by atoms with van der Waals surface area (Å²) in [5.41, 5.74) is 0.733. The molecule has 0 spiro atoms. The number of anilines is 1. The lowest BCUT2D eigenvalue weighted by Gasteiger charge is -2.10. The second-order valence-electron chi connectivity index (χ2n) is 6.68. The molecule has 2 rings (SSSR count). The van der Waals surface area contributed by atoms with Gasteiger partial charge in [-0.3, -0.25) is 4.79 Å². The summed E-state index contributed by atoms with van der Waals surface area (Å²) in [6.07, 6.45) is 6.14. The van der Waals surface area contributed by atoms with E-state index in [1.807, 2.05) is 54.6 Å². The monoisotopic (exact) mass is 384 g/mol. The molecule has 152 valence electrons. The van der Waals surface area contributed by atoms with Crippen molar-refractivity contribution in [1.82, 2.24) is 5.32 Å². The average Bonchev–Trinajstić information content (AvgIpc) is 2.72. The van der Waals surface area contributed by atoms with Crippen molar-refractivity contribution in [2.75, 3.05) is 31.6 Å². The van der Waals surface area contributed by atoms with Crippen LogP contribution in [-0.4, -0.2) is 32.2 Å². The summed E-state index contributed by atoms with van der Waals surface area (Å²) < 4.78 is 11.3. The lowest BCUT2D eigenvalue weighted by Crippen LogP contribution is -2.28. The predicted molar refractivity (Wildman–Crippen MR) is 114 cm³/mol. The largest absolute Gasteiger partial charge is 0.490 e. The molecule has 0 unspecified atom stereocenters. The Morgan fingerprint density at radius 2 is 1.57 bits per heavy atom. The average molecular weight is 385 g/mol. The third-order valence-corrected chi connectivity index (χ3v) is 4.22. The molecule has 0 fully saturated rings. The van der Waals surface area contributed by atoms with Crippen LogP contribution < -0.4 is 20.1 Å². The van der Waals surface area contributed by atoms with E-state index in [4.69, 9.17) is 9.47 Å². The van der Waals surface area contributed by atoms with E-state index in [1.165, 1.54) is 25.7 Å². The molecule has 5 nitrogen and oxygen atoms in total. The van der Waals surface area contributed by atoms with Crippen molar-refractivity contribution in [1.29, 1.82) is 0 Å². The second-order valence-corrected chi connectivity index (χ2v) is 6.68. The van der Waals surface area contributed by atoms with Crippen LogP contribution in [0.1, 0.15) is 39.0 Å². The number of benzene rings is 2. The number of unbranched alkanes of at least 4 members (excludes halogenated alkanes) is 4. The van der Waals surface area contributed by atoms with Gasteiger partial charge < -0.3 is 20.1 Å². The van der Waals surface area contributed by atoms with Gasteiger partial charge in [0, 0.05) is 11.8 Å². The summed E-state index contributed by atoms with van der Waals surface area (Å²) in [5.74, 6) is 1.49. The maximum atomic E-state index is 12.0. The fourth-order valence-corrected chi connectivity index (χ4v) is 2.76. The number of amides is 1. The second kappa shape index (κ2) is 13.6. The minimum atomic E-state index is -0.0434. The molecule has 0 radical (unpaired) electrons. The van der Waals surface area contributed by atoms with E-state index in [-0.39, 0.29) is 5.91 Å². The number of ether oxygens (including phenoxy) is 2. The van der Waals surface area contributed by atoms with Crippen LogP contribution >= 0.6 is 0 Å². The maximum absolute atomic E-state index is 12.0. The summed E-state index contributed by atoms with van der Waals surface area (Å²) in [7, 11) is 0. The molecule has 0 saturated carbocycles. The predicted octanol–water partition coefficient (Wildman–Crippen LogP) is 4.64. The van der Waals surface area contributed by atoms with Gasteiger partial charge in [0.15, 0.2) is 0 Å². The normalized spacial score (nSPS) is 10.5. The van der Waals surface area contributed by atoms with Crippen LogP contribution in [0.2, 0.25) is 0 Å². The number of rotatable bonds is 14. The molecule has 5 heteroatoms. The molecule has 0 heterocycles. The standard InChI is InChI=1S/C23H32N2O3/c1-2-3-4-5-9-15-24-19-23(26)25-20-11-10-14-22(18-20)28-17-16-27-21-12-7-6-8-13-21/h6-8,10-14,18,24H,2-5,9,15-17,19H2,1H3,(H,25,26). The summed E-state index contributed by atoms with van der Waals surface area (Å²) in [4.78, 5) is 12.0. The first-order valence-corrected chi connectivity index (χ1v) is 10.2. The molecule has 0 aromatic heterocycles. The number of nitrogens with one attached hydrogen (secondary N) is 2. The van der Waals surface area contributed by atoms with Crippen molar-refractivity contribution in [2.45, 2.75) is 39.0 Å². The van der Waals surface area contributed by atoms with Crippen molar-refractivity contribution in [3.8, 4) is 11.5 Å². The Kier molecular flexibility index (Phi) is 10.6. The molecule has 0 aliphatic carbocycles. The third-order valence-electron chi connectivity index (χ3n) is 4.22. The molecule has 0 atom stereocenters. The Morgan fingerprint density at radius 3 is 2.36 bits per heavy atom. The molecule has 2 N–H and O–H groups in total. The zero-order chi connectivity index (χ0) is 19.9. The van der Waals surface area contributed by atoms with Crippen LogP contribution in [0.15, 0.2) is 54.6 Å². The zero-order valence-electron chi connectivity index (χ0n) is 16.8. The van der Waals surface area contributed by atoms with Gasteiger partial charge in [-0.1, -0.05) is 56.9 Å².